The fraction of sp³-hybridized carbons (Fsp3) is 0.176. The Kier molecular flexibility index (Phi) is 6.07. The van der Waals surface area contributed by atoms with Gasteiger partial charge in [-0.2, -0.15) is 13.2 Å². The van der Waals surface area contributed by atoms with Crippen LogP contribution in [0.15, 0.2) is 45.9 Å². The molecule has 0 fully saturated rings. The van der Waals surface area contributed by atoms with Gasteiger partial charge in [0.25, 0.3) is 10.0 Å². The Bertz CT molecular complexity index is 1230. The molecule has 13 heteroatoms. The third-order valence-electron chi connectivity index (χ3n) is 4.10. The molecule has 0 amide bonds. The second-order valence-electron chi connectivity index (χ2n) is 6.22. The quantitative estimate of drug-likeness (QED) is 0.356. The van der Waals surface area contributed by atoms with Gasteiger partial charge in [-0.3, -0.25) is 4.72 Å². The molecule has 0 saturated heterocycles. The fourth-order valence-corrected chi connectivity index (χ4v) is 4.45. The van der Waals surface area contributed by atoms with Crippen LogP contribution in [0.3, 0.4) is 0 Å². The van der Waals surface area contributed by atoms with Crippen molar-refractivity contribution in [3.05, 3.63) is 57.7 Å². The lowest BCUT2D eigenvalue weighted by molar-refractivity contribution is -0.207. The van der Waals surface area contributed by atoms with Gasteiger partial charge in [-0.1, -0.05) is 11.6 Å². The van der Waals surface area contributed by atoms with E-state index in [1.54, 1.807) is 0 Å². The maximum Gasteiger partial charge on any atom is 0.416 e. The highest BCUT2D eigenvalue weighted by molar-refractivity contribution is 9.10. The van der Waals surface area contributed by atoms with E-state index in [-0.39, 0.29) is 20.4 Å². The lowest BCUT2D eigenvalue weighted by Crippen LogP contribution is -2.32. The Balaban J connectivity index is 2.10. The first-order valence-electron chi connectivity index (χ1n) is 8.00. The minimum absolute atomic E-state index is 0.00589. The highest BCUT2D eigenvalue weighted by Gasteiger charge is 2.39. The predicted octanol–water partition coefficient (Wildman–Crippen LogP) is 5.06. The van der Waals surface area contributed by atoms with E-state index >= 15 is 0 Å². The molecule has 2 N–H and O–H groups in total. The van der Waals surface area contributed by atoms with Crippen molar-refractivity contribution in [2.45, 2.75) is 23.7 Å². The summed E-state index contributed by atoms with van der Waals surface area (Å²) in [6.45, 7) is -1.00. The van der Waals surface area contributed by atoms with Crippen LogP contribution in [0, 0.1) is 11.6 Å². The molecule has 0 bridgehead atoms. The molecular formula is C17H11BrClF5N2O3S. The van der Waals surface area contributed by atoms with E-state index in [9.17, 15) is 35.5 Å². The van der Waals surface area contributed by atoms with Crippen LogP contribution in [0.25, 0.3) is 10.9 Å². The Morgan fingerprint density at radius 1 is 1.17 bits per heavy atom. The maximum atomic E-state index is 14.0. The van der Waals surface area contributed by atoms with Crippen LogP contribution >= 0.6 is 27.5 Å². The molecule has 3 rings (SSSR count). The van der Waals surface area contributed by atoms with Gasteiger partial charge < -0.3 is 9.67 Å². The summed E-state index contributed by atoms with van der Waals surface area (Å²) in [5, 5.41) is 9.45. The predicted molar refractivity (Wildman–Crippen MR) is 104 cm³/mol. The summed E-state index contributed by atoms with van der Waals surface area (Å²) in [7, 11) is -4.55. The maximum absolute atomic E-state index is 14.0. The number of rotatable bonds is 5. The van der Waals surface area contributed by atoms with Gasteiger partial charge in [-0.15, -0.1) is 0 Å². The molecule has 0 aliphatic carbocycles. The molecule has 30 heavy (non-hydrogen) atoms. The third kappa shape index (κ3) is 4.56. The van der Waals surface area contributed by atoms with E-state index in [1.807, 2.05) is 4.72 Å². The SMILES string of the molecule is O=S(=O)(Nc1cc(F)c(Br)cc1F)c1cn(CC(O)C(F)(F)F)c2cc(Cl)ccc12. The van der Waals surface area contributed by atoms with Crippen LogP contribution in [0.2, 0.25) is 5.02 Å². The molecule has 162 valence electrons. The lowest BCUT2D eigenvalue weighted by Gasteiger charge is -2.15. The molecule has 0 spiro atoms. The molecule has 0 radical (unpaired) electrons. The van der Waals surface area contributed by atoms with Gasteiger partial charge in [-0.25, -0.2) is 17.2 Å². The summed E-state index contributed by atoms with van der Waals surface area (Å²) >= 11 is 8.63. The number of benzene rings is 2. The Morgan fingerprint density at radius 2 is 1.83 bits per heavy atom. The molecule has 2 aromatic carbocycles. The Hall–Kier alpha value is -1.89. The van der Waals surface area contributed by atoms with Crippen LogP contribution in [-0.2, 0) is 16.6 Å². The summed E-state index contributed by atoms with van der Waals surface area (Å²) in [5.74, 6) is -2.01. The summed E-state index contributed by atoms with van der Waals surface area (Å²) in [6, 6.07) is 5.11. The van der Waals surface area contributed by atoms with E-state index in [2.05, 4.69) is 15.9 Å². The van der Waals surface area contributed by atoms with Crippen LogP contribution in [0.1, 0.15) is 0 Å². The summed E-state index contributed by atoms with van der Waals surface area (Å²) in [4.78, 5) is -0.508. The van der Waals surface area contributed by atoms with E-state index < -0.39 is 51.1 Å². The second kappa shape index (κ2) is 7.98. The first-order valence-corrected chi connectivity index (χ1v) is 10.7. The van der Waals surface area contributed by atoms with E-state index in [4.69, 9.17) is 11.6 Å². The first-order chi connectivity index (χ1) is 13.8. The van der Waals surface area contributed by atoms with Crippen molar-refractivity contribution in [1.29, 1.82) is 0 Å². The molecule has 0 aliphatic rings. The van der Waals surface area contributed by atoms with Crippen molar-refractivity contribution in [3.63, 3.8) is 0 Å². The minimum atomic E-state index is -4.94. The molecule has 1 aromatic heterocycles. The molecule has 3 aromatic rings. The second-order valence-corrected chi connectivity index (χ2v) is 9.16. The van der Waals surface area contributed by atoms with Crippen molar-refractivity contribution in [1.82, 2.24) is 4.57 Å². The van der Waals surface area contributed by atoms with Gasteiger partial charge in [-0.05, 0) is 40.2 Å². The van der Waals surface area contributed by atoms with Gasteiger partial charge in [0, 0.05) is 22.7 Å². The van der Waals surface area contributed by atoms with Crippen molar-refractivity contribution < 1.29 is 35.5 Å². The summed E-state index contributed by atoms with van der Waals surface area (Å²) in [5.41, 5.74) is -0.700. The monoisotopic (exact) mass is 532 g/mol. The Labute approximate surface area is 180 Å². The number of halogens is 7. The number of aliphatic hydroxyl groups excluding tert-OH is 1. The molecule has 0 saturated carbocycles. The number of nitrogens with one attached hydrogen (secondary N) is 1. The zero-order chi connectivity index (χ0) is 22.4. The van der Waals surface area contributed by atoms with Crippen molar-refractivity contribution in [2.24, 2.45) is 0 Å². The van der Waals surface area contributed by atoms with Crippen LogP contribution < -0.4 is 4.72 Å². The lowest BCUT2D eigenvalue weighted by atomic mass is 10.2. The van der Waals surface area contributed by atoms with Gasteiger partial charge in [0.15, 0.2) is 6.10 Å². The summed E-state index contributed by atoms with van der Waals surface area (Å²) < 4.78 is 94.1. The average molecular weight is 534 g/mol. The number of hydrogen-bond acceptors (Lipinski definition) is 3. The van der Waals surface area contributed by atoms with E-state index in [0.29, 0.717) is 6.07 Å². The highest BCUT2D eigenvalue weighted by atomic mass is 79.9. The number of aliphatic hydroxyl groups is 1. The van der Waals surface area contributed by atoms with E-state index in [0.717, 1.165) is 16.8 Å². The standard InChI is InChI=1S/C17H11BrClF5N2O3S/c18-10-4-12(21)13(5-11(10)20)25-30(28,29)15-6-26(7-16(27)17(22,23)24)14-3-8(19)1-2-9(14)15/h1-6,16,25,27H,7H2. The molecular weight excluding hydrogens is 523 g/mol. The number of fused-ring (bicyclic) bond motifs is 1. The number of nitrogens with zero attached hydrogens (tertiary/aromatic N) is 1. The third-order valence-corrected chi connectivity index (χ3v) is 6.33. The number of hydrogen-bond donors (Lipinski definition) is 2. The molecule has 1 unspecified atom stereocenters. The number of anilines is 1. The van der Waals surface area contributed by atoms with E-state index in [1.165, 1.54) is 18.2 Å². The van der Waals surface area contributed by atoms with Gasteiger partial charge in [0.2, 0.25) is 0 Å². The number of sulfonamides is 1. The van der Waals surface area contributed by atoms with Crippen LogP contribution in [-0.4, -0.2) is 30.4 Å². The molecule has 1 atom stereocenters. The van der Waals surface area contributed by atoms with Gasteiger partial charge >= 0.3 is 6.18 Å². The van der Waals surface area contributed by atoms with Crippen LogP contribution in [0.4, 0.5) is 27.6 Å². The van der Waals surface area contributed by atoms with Crippen molar-refractivity contribution in [2.75, 3.05) is 4.72 Å². The smallest absolute Gasteiger partial charge is 0.382 e. The Morgan fingerprint density at radius 3 is 2.47 bits per heavy atom. The highest BCUT2D eigenvalue weighted by Crippen LogP contribution is 2.32. The molecule has 5 nitrogen and oxygen atoms in total. The van der Waals surface area contributed by atoms with Crippen molar-refractivity contribution >= 4 is 54.1 Å². The zero-order valence-corrected chi connectivity index (χ0v) is 17.7. The zero-order valence-electron chi connectivity index (χ0n) is 14.5. The number of alkyl halides is 3. The first kappa shape index (κ1) is 22.8. The molecule has 1 heterocycles. The largest absolute Gasteiger partial charge is 0.416 e. The van der Waals surface area contributed by atoms with Crippen LogP contribution in [0.5, 0.6) is 0 Å². The molecule has 0 aliphatic heterocycles. The topological polar surface area (TPSA) is 71.3 Å². The number of aromatic nitrogens is 1. The normalized spacial score (nSPS) is 13.6. The summed E-state index contributed by atoms with van der Waals surface area (Å²) in [6.07, 6.45) is -6.86. The average Bonchev–Trinajstić information content (AvgIpc) is 2.97. The minimum Gasteiger partial charge on any atom is -0.382 e. The fourth-order valence-electron chi connectivity index (χ4n) is 2.69. The van der Waals surface area contributed by atoms with Crippen molar-refractivity contribution in [3.8, 4) is 0 Å². The van der Waals surface area contributed by atoms with Gasteiger partial charge in [0.1, 0.15) is 16.5 Å². The van der Waals surface area contributed by atoms with Gasteiger partial charge in [0.05, 0.1) is 22.2 Å².